The Labute approximate surface area is 117 Å². The van der Waals surface area contributed by atoms with Gasteiger partial charge in [-0.25, -0.2) is 0 Å². The zero-order chi connectivity index (χ0) is 14.6. The summed E-state index contributed by atoms with van der Waals surface area (Å²) in [6.07, 6.45) is 8.36. The molecule has 0 spiro atoms. The van der Waals surface area contributed by atoms with Gasteiger partial charge in [0.15, 0.2) is 0 Å². The molecule has 104 valence electrons. The van der Waals surface area contributed by atoms with Gasteiger partial charge >= 0.3 is 0 Å². The second-order valence-electron chi connectivity index (χ2n) is 6.02. The predicted octanol–water partition coefficient (Wildman–Crippen LogP) is 3.99. The summed E-state index contributed by atoms with van der Waals surface area (Å²) in [6.45, 7) is 16.0. The van der Waals surface area contributed by atoms with Crippen molar-refractivity contribution >= 4 is 5.91 Å². The first-order chi connectivity index (χ1) is 8.86. The standard InChI is InChI=1S/C17H25NO/c1-7-10-11-13-12(8-2)15(17(4,5)6)16(19)18-14(13)9-3/h7,9-12,15H,1,3,8H2,2,4-6H3,(H,18,19)/b11-10-. The summed E-state index contributed by atoms with van der Waals surface area (Å²) >= 11 is 0. The number of hydrogen-bond acceptors (Lipinski definition) is 1. The lowest BCUT2D eigenvalue weighted by Crippen LogP contribution is -2.46. The number of carbonyl (C=O) groups excluding carboxylic acids is 1. The number of rotatable bonds is 4. The topological polar surface area (TPSA) is 29.1 Å². The Morgan fingerprint density at radius 3 is 2.37 bits per heavy atom. The van der Waals surface area contributed by atoms with Gasteiger partial charge in [0.05, 0.1) is 5.92 Å². The molecule has 0 bridgehead atoms. The summed E-state index contributed by atoms with van der Waals surface area (Å²) < 4.78 is 0. The Kier molecular flexibility index (Phi) is 4.93. The minimum Gasteiger partial charge on any atom is -0.326 e. The van der Waals surface area contributed by atoms with Crippen molar-refractivity contribution in [2.24, 2.45) is 17.3 Å². The Morgan fingerprint density at radius 1 is 1.32 bits per heavy atom. The van der Waals surface area contributed by atoms with Crippen molar-refractivity contribution in [2.45, 2.75) is 34.1 Å². The molecule has 0 aromatic rings. The molecule has 0 fully saturated rings. The highest BCUT2D eigenvalue weighted by atomic mass is 16.2. The van der Waals surface area contributed by atoms with Gasteiger partial charge < -0.3 is 5.32 Å². The Hall–Kier alpha value is -1.57. The minimum atomic E-state index is -0.0648. The molecular weight excluding hydrogens is 234 g/mol. The summed E-state index contributed by atoms with van der Waals surface area (Å²) in [5, 5.41) is 2.98. The molecule has 2 heteroatoms. The van der Waals surface area contributed by atoms with Crippen molar-refractivity contribution in [2.75, 3.05) is 0 Å². The lowest BCUT2D eigenvalue weighted by molar-refractivity contribution is -0.130. The first-order valence-electron chi connectivity index (χ1n) is 6.83. The Balaban J connectivity index is 3.34. The van der Waals surface area contributed by atoms with Crippen molar-refractivity contribution in [1.82, 2.24) is 5.32 Å². The fourth-order valence-electron chi connectivity index (χ4n) is 2.85. The van der Waals surface area contributed by atoms with Gasteiger partial charge in [-0.2, -0.15) is 0 Å². The van der Waals surface area contributed by atoms with Crippen LogP contribution in [0.4, 0.5) is 0 Å². The van der Waals surface area contributed by atoms with Gasteiger partial charge in [0.25, 0.3) is 0 Å². The molecule has 2 unspecified atom stereocenters. The first kappa shape index (κ1) is 15.5. The van der Waals surface area contributed by atoms with E-state index in [0.29, 0.717) is 0 Å². The molecule has 0 saturated heterocycles. The lowest BCUT2D eigenvalue weighted by Gasteiger charge is -2.40. The van der Waals surface area contributed by atoms with Crippen LogP contribution < -0.4 is 5.32 Å². The summed E-state index contributed by atoms with van der Waals surface area (Å²) in [6, 6.07) is 0. The van der Waals surface area contributed by atoms with Crippen LogP contribution in [0.2, 0.25) is 0 Å². The third kappa shape index (κ3) is 3.25. The van der Waals surface area contributed by atoms with Crippen molar-refractivity contribution in [3.63, 3.8) is 0 Å². The lowest BCUT2D eigenvalue weighted by atomic mass is 9.67. The molecule has 0 radical (unpaired) electrons. The van der Waals surface area contributed by atoms with Crippen LogP contribution in [0.1, 0.15) is 34.1 Å². The number of carbonyl (C=O) groups is 1. The molecule has 1 aliphatic heterocycles. The third-order valence-corrected chi connectivity index (χ3v) is 3.64. The van der Waals surface area contributed by atoms with Gasteiger partial charge in [-0.15, -0.1) is 0 Å². The average molecular weight is 259 g/mol. The predicted molar refractivity (Wildman–Crippen MR) is 81.4 cm³/mol. The molecule has 1 aliphatic rings. The molecule has 0 aromatic carbocycles. The highest BCUT2D eigenvalue weighted by molar-refractivity contribution is 5.84. The zero-order valence-electron chi connectivity index (χ0n) is 12.5. The van der Waals surface area contributed by atoms with Gasteiger partial charge in [-0.1, -0.05) is 59.1 Å². The normalized spacial score (nSPS) is 24.5. The van der Waals surface area contributed by atoms with Gasteiger partial charge in [-0.3, -0.25) is 4.79 Å². The van der Waals surface area contributed by atoms with Gasteiger partial charge in [0.2, 0.25) is 5.91 Å². The third-order valence-electron chi connectivity index (χ3n) is 3.64. The van der Waals surface area contributed by atoms with E-state index in [1.54, 1.807) is 12.2 Å². The number of hydrogen-bond donors (Lipinski definition) is 1. The van der Waals surface area contributed by atoms with Crippen molar-refractivity contribution in [1.29, 1.82) is 0 Å². The monoisotopic (exact) mass is 259 g/mol. The maximum Gasteiger partial charge on any atom is 0.228 e. The van der Waals surface area contributed by atoms with Gasteiger partial charge in [0.1, 0.15) is 0 Å². The molecule has 2 nitrogen and oxygen atoms in total. The van der Waals surface area contributed by atoms with Crippen LogP contribution in [0.3, 0.4) is 0 Å². The average Bonchev–Trinajstić information content (AvgIpc) is 2.34. The maximum atomic E-state index is 12.4. The summed E-state index contributed by atoms with van der Waals surface area (Å²) in [7, 11) is 0. The molecule has 0 saturated carbocycles. The maximum absolute atomic E-state index is 12.4. The zero-order valence-corrected chi connectivity index (χ0v) is 12.5. The number of amides is 1. The molecule has 1 amide bonds. The highest BCUT2D eigenvalue weighted by Gasteiger charge is 2.41. The fraction of sp³-hybridized carbons (Fsp3) is 0.471. The highest BCUT2D eigenvalue weighted by Crippen LogP contribution is 2.41. The van der Waals surface area contributed by atoms with E-state index < -0.39 is 0 Å². The molecule has 0 aromatic heterocycles. The molecule has 1 N–H and O–H groups in total. The van der Waals surface area contributed by atoms with E-state index in [1.807, 2.05) is 12.2 Å². The summed E-state index contributed by atoms with van der Waals surface area (Å²) in [5.74, 6) is 0.300. The van der Waals surface area contributed by atoms with E-state index in [4.69, 9.17) is 0 Å². The minimum absolute atomic E-state index is 0.0225. The van der Waals surface area contributed by atoms with Crippen LogP contribution in [0.15, 0.2) is 48.7 Å². The van der Waals surface area contributed by atoms with Crippen molar-refractivity contribution in [3.8, 4) is 0 Å². The van der Waals surface area contributed by atoms with Gasteiger partial charge in [0, 0.05) is 5.70 Å². The van der Waals surface area contributed by atoms with Crippen molar-refractivity contribution in [3.05, 3.63) is 48.7 Å². The van der Waals surface area contributed by atoms with Crippen LogP contribution in [0.25, 0.3) is 0 Å². The smallest absolute Gasteiger partial charge is 0.228 e. The first-order valence-corrected chi connectivity index (χ1v) is 6.83. The van der Waals surface area contributed by atoms with E-state index in [0.717, 1.165) is 17.7 Å². The number of allylic oxidation sites excluding steroid dienone is 5. The molecule has 1 rings (SSSR count). The van der Waals surface area contributed by atoms with Crippen LogP contribution >= 0.6 is 0 Å². The van der Waals surface area contributed by atoms with E-state index in [-0.39, 0.29) is 23.2 Å². The van der Waals surface area contributed by atoms with Crippen LogP contribution in [-0.4, -0.2) is 5.91 Å². The van der Waals surface area contributed by atoms with Crippen molar-refractivity contribution < 1.29 is 4.79 Å². The fourth-order valence-corrected chi connectivity index (χ4v) is 2.85. The molecular formula is C17H25NO. The summed E-state index contributed by atoms with van der Waals surface area (Å²) in [4.78, 5) is 12.4. The number of nitrogens with one attached hydrogen (secondary N) is 1. The van der Waals surface area contributed by atoms with E-state index >= 15 is 0 Å². The second-order valence-corrected chi connectivity index (χ2v) is 6.02. The molecule has 19 heavy (non-hydrogen) atoms. The van der Waals surface area contributed by atoms with Gasteiger partial charge in [-0.05, 0) is 29.4 Å². The second kappa shape index (κ2) is 6.05. The van der Waals surface area contributed by atoms with Crippen LogP contribution in [0, 0.1) is 17.3 Å². The van der Waals surface area contributed by atoms with E-state index in [1.165, 1.54) is 0 Å². The Bertz CT molecular complexity index is 435. The SMILES string of the molecule is C=C/C=C\C1=C(C=C)NC(=O)C(C(C)(C)C)C1CC. The van der Waals surface area contributed by atoms with Crippen LogP contribution in [-0.2, 0) is 4.79 Å². The van der Waals surface area contributed by atoms with Crippen LogP contribution in [0.5, 0.6) is 0 Å². The van der Waals surface area contributed by atoms with E-state index in [2.05, 4.69) is 46.2 Å². The van der Waals surface area contributed by atoms with E-state index in [9.17, 15) is 4.79 Å². The molecule has 0 aliphatic carbocycles. The molecule has 1 heterocycles. The Morgan fingerprint density at radius 2 is 1.95 bits per heavy atom. The summed E-state index contributed by atoms with van der Waals surface area (Å²) in [5.41, 5.74) is 1.91. The quantitative estimate of drug-likeness (QED) is 0.760. The largest absolute Gasteiger partial charge is 0.326 e. The molecule has 2 atom stereocenters.